The SMILES string of the molecule is COC(=O)[C@]1(C)CC[C@H](CCc2ccccc2)C1(C)C. The van der Waals surface area contributed by atoms with Crippen LogP contribution >= 0.6 is 0 Å². The van der Waals surface area contributed by atoms with E-state index in [2.05, 4.69) is 51.1 Å². The zero-order valence-electron chi connectivity index (χ0n) is 13.1. The predicted octanol–water partition coefficient (Wildman–Crippen LogP) is 4.23. The van der Waals surface area contributed by atoms with Gasteiger partial charge in [0.1, 0.15) is 0 Å². The summed E-state index contributed by atoms with van der Waals surface area (Å²) in [6, 6.07) is 10.6. The van der Waals surface area contributed by atoms with Gasteiger partial charge < -0.3 is 4.74 Å². The van der Waals surface area contributed by atoms with E-state index < -0.39 is 0 Å². The molecule has 0 amide bonds. The van der Waals surface area contributed by atoms with E-state index in [-0.39, 0.29) is 16.8 Å². The molecule has 0 aliphatic heterocycles. The van der Waals surface area contributed by atoms with E-state index >= 15 is 0 Å². The first-order valence-electron chi connectivity index (χ1n) is 7.54. The smallest absolute Gasteiger partial charge is 0.312 e. The van der Waals surface area contributed by atoms with Crippen LogP contribution in [0.15, 0.2) is 30.3 Å². The molecule has 0 unspecified atom stereocenters. The highest BCUT2D eigenvalue weighted by atomic mass is 16.5. The van der Waals surface area contributed by atoms with E-state index in [0.29, 0.717) is 5.92 Å². The fourth-order valence-electron chi connectivity index (χ4n) is 3.68. The molecule has 1 aliphatic rings. The van der Waals surface area contributed by atoms with Crippen LogP contribution in [0.25, 0.3) is 0 Å². The lowest BCUT2D eigenvalue weighted by Crippen LogP contribution is -2.41. The van der Waals surface area contributed by atoms with Gasteiger partial charge in [0, 0.05) is 0 Å². The van der Waals surface area contributed by atoms with Gasteiger partial charge in [0.2, 0.25) is 0 Å². The number of esters is 1. The number of methoxy groups -OCH3 is 1. The highest BCUT2D eigenvalue weighted by Gasteiger charge is 2.56. The molecule has 0 spiro atoms. The summed E-state index contributed by atoms with van der Waals surface area (Å²) in [4.78, 5) is 12.1. The highest BCUT2D eigenvalue weighted by Crippen LogP contribution is 2.57. The lowest BCUT2D eigenvalue weighted by molar-refractivity contribution is -0.158. The van der Waals surface area contributed by atoms with Crippen molar-refractivity contribution < 1.29 is 9.53 Å². The number of carbonyl (C=O) groups is 1. The lowest BCUT2D eigenvalue weighted by Gasteiger charge is -2.39. The molecule has 1 aromatic carbocycles. The Morgan fingerprint density at radius 3 is 2.50 bits per heavy atom. The third kappa shape index (κ3) is 2.48. The van der Waals surface area contributed by atoms with Crippen molar-refractivity contribution in [3.05, 3.63) is 35.9 Å². The predicted molar refractivity (Wildman–Crippen MR) is 81.4 cm³/mol. The largest absolute Gasteiger partial charge is 0.469 e. The number of aryl methyl sites for hydroxylation is 1. The molecule has 0 aromatic heterocycles. The Hall–Kier alpha value is -1.31. The normalized spacial score (nSPS) is 28.3. The second kappa shape index (κ2) is 5.59. The molecule has 1 aromatic rings. The van der Waals surface area contributed by atoms with Crippen molar-refractivity contribution in [2.24, 2.45) is 16.7 Å². The van der Waals surface area contributed by atoms with E-state index in [4.69, 9.17) is 4.74 Å². The fourth-order valence-corrected chi connectivity index (χ4v) is 3.68. The topological polar surface area (TPSA) is 26.3 Å². The summed E-state index contributed by atoms with van der Waals surface area (Å²) < 4.78 is 5.04. The number of hydrogen-bond acceptors (Lipinski definition) is 2. The maximum atomic E-state index is 12.1. The van der Waals surface area contributed by atoms with Gasteiger partial charge in [0.15, 0.2) is 0 Å². The Labute approximate surface area is 122 Å². The number of carbonyl (C=O) groups excluding carboxylic acids is 1. The van der Waals surface area contributed by atoms with Crippen molar-refractivity contribution in [2.45, 2.75) is 46.5 Å². The summed E-state index contributed by atoms with van der Waals surface area (Å²) >= 11 is 0. The third-order valence-corrected chi connectivity index (χ3v) is 5.70. The van der Waals surface area contributed by atoms with Crippen molar-refractivity contribution in [1.29, 1.82) is 0 Å². The van der Waals surface area contributed by atoms with Crippen LogP contribution in [0.4, 0.5) is 0 Å². The second-order valence-electron chi connectivity index (χ2n) is 6.81. The minimum atomic E-state index is -0.344. The first-order valence-corrected chi connectivity index (χ1v) is 7.54. The van der Waals surface area contributed by atoms with E-state index in [1.54, 1.807) is 0 Å². The van der Waals surface area contributed by atoms with Gasteiger partial charge >= 0.3 is 5.97 Å². The minimum absolute atomic E-state index is 0.00509. The van der Waals surface area contributed by atoms with E-state index in [0.717, 1.165) is 25.7 Å². The van der Waals surface area contributed by atoms with Crippen LogP contribution in [0.1, 0.15) is 45.6 Å². The fraction of sp³-hybridized carbons (Fsp3) is 0.611. The van der Waals surface area contributed by atoms with Gasteiger partial charge in [-0.3, -0.25) is 4.79 Å². The number of hydrogen-bond donors (Lipinski definition) is 0. The molecule has 1 fully saturated rings. The molecule has 0 heterocycles. The third-order valence-electron chi connectivity index (χ3n) is 5.70. The van der Waals surface area contributed by atoms with Gasteiger partial charge in [-0.2, -0.15) is 0 Å². The van der Waals surface area contributed by atoms with Crippen LogP contribution in [-0.2, 0) is 16.0 Å². The van der Waals surface area contributed by atoms with Crippen molar-refractivity contribution in [3.8, 4) is 0 Å². The van der Waals surface area contributed by atoms with Crippen LogP contribution in [0.5, 0.6) is 0 Å². The molecule has 2 nitrogen and oxygen atoms in total. The molecule has 2 rings (SSSR count). The van der Waals surface area contributed by atoms with Crippen LogP contribution in [0.2, 0.25) is 0 Å². The average molecular weight is 274 g/mol. The molecule has 0 saturated heterocycles. The molecule has 20 heavy (non-hydrogen) atoms. The maximum Gasteiger partial charge on any atom is 0.312 e. The van der Waals surface area contributed by atoms with Crippen LogP contribution in [0, 0.1) is 16.7 Å². The molecule has 0 bridgehead atoms. The first kappa shape index (κ1) is 15.1. The van der Waals surface area contributed by atoms with Crippen molar-refractivity contribution >= 4 is 5.97 Å². The zero-order valence-corrected chi connectivity index (χ0v) is 13.1. The number of benzene rings is 1. The van der Waals surface area contributed by atoms with E-state index in [1.165, 1.54) is 12.7 Å². The Morgan fingerprint density at radius 1 is 1.25 bits per heavy atom. The molecule has 1 saturated carbocycles. The van der Waals surface area contributed by atoms with E-state index in [1.807, 2.05) is 0 Å². The van der Waals surface area contributed by atoms with Gasteiger partial charge in [0.05, 0.1) is 12.5 Å². The monoisotopic (exact) mass is 274 g/mol. The second-order valence-corrected chi connectivity index (χ2v) is 6.81. The molecule has 110 valence electrons. The van der Waals surface area contributed by atoms with Crippen LogP contribution in [-0.4, -0.2) is 13.1 Å². The number of ether oxygens (including phenoxy) is 1. The zero-order chi connectivity index (χ0) is 14.8. The summed E-state index contributed by atoms with van der Waals surface area (Å²) in [6.45, 7) is 6.53. The van der Waals surface area contributed by atoms with Crippen molar-refractivity contribution in [1.82, 2.24) is 0 Å². The van der Waals surface area contributed by atoms with Gasteiger partial charge in [-0.15, -0.1) is 0 Å². The van der Waals surface area contributed by atoms with Gasteiger partial charge in [-0.25, -0.2) is 0 Å². The van der Waals surface area contributed by atoms with E-state index in [9.17, 15) is 4.79 Å². The Kier molecular flexibility index (Phi) is 4.22. The molecular formula is C18H26O2. The molecule has 0 N–H and O–H groups in total. The first-order chi connectivity index (χ1) is 9.41. The Balaban J connectivity index is 2.06. The van der Waals surface area contributed by atoms with Crippen LogP contribution in [0.3, 0.4) is 0 Å². The van der Waals surface area contributed by atoms with Gasteiger partial charge in [-0.05, 0) is 49.5 Å². The summed E-state index contributed by atoms with van der Waals surface area (Å²) in [5.74, 6) is 0.525. The van der Waals surface area contributed by atoms with Crippen molar-refractivity contribution in [2.75, 3.05) is 7.11 Å². The standard InChI is InChI=1S/C18H26O2/c1-17(2)15(11-10-14-8-6-5-7-9-14)12-13-18(17,3)16(19)20-4/h5-9,15H,10-13H2,1-4H3/t15-,18-/m0/s1. The summed E-state index contributed by atoms with van der Waals surface area (Å²) in [5.41, 5.74) is 1.04. The highest BCUT2D eigenvalue weighted by molar-refractivity contribution is 5.77. The summed E-state index contributed by atoms with van der Waals surface area (Å²) in [7, 11) is 1.50. The summed E-state index contributed by atoms with van der Waals surface area (Å²) in [6.07, 6.45) is 4.29. The average Bonchev–Trinajstić information content (AvgIpc) is 2.69. The molecule has 2 atom stereocenters. The minimum Gasteiger partial charge on any atom is -0.469 e. The van der Waals surface area contributed by atoms with Crippen LogP contribution < -0.4 is 0 Å². The molecule has 0 radical (unpaired) electrons. The summed E-state index contributed by atoms with van der Waals surface area (Å²) in [5, 5.41) is 0. The quantitative estimate of drug-likeness (QED) is 0.768. The molecule has 2 heteroatoms. The van der Waals surface area contributed by atoms with Crippen molar-refractivity contribution in [3.63, 3.8) is 0 Å². The Bertz CT molecular complexity index is 464. The van der Waals surface area contributed by atoms with Gasteiger partial charge in [-0.1, -0.05) is 44.2 Å². The molecule has 1 aliphatic carbocycles. The van der Waals surface area contributed by atoms with Gasteiger partial charge in [0.25, 0.3) is 0 Å². The number of rotatable bonds is 4. The Morgan fingerprint density at radius 2 is 1.90 bits per heavy atom. The maximum absolute atomic E-state index is 12.1. The molecular weight excluding hydrogens is 248 g/mol. The lowest BCUT2D eigenvalue weighted by atomic mass is 9.65.